The molecule has 1 amide bonds. The van der Waals surface area contributed by atoms with Crippen molar-refractivity contribution in [1.82, 2.24) is 15.0 Å². The van der Waals surface area contributed by atoms with E-state index in [0.29, 0.717) is 5.13 Å². The maximum Gasteiger partial charge on any atom is 0.294 e. The number of fused-ring (bicyclic) bond motifs is 3. The second kappa shape index (κ2) is 5.34. The molecule has 0 radical (unpaired) electrons. The number of hydrogen-bond acceptors (Lipinski definition) is 8. The molecule has 1 aromatic carbocycles. The summed E-state index contributed by atoms with van der Waals surface area (Å²) in [6.07, 6.45) is 4.59. The van der Waals surface area contributed by atoms with Gasteiger partial charge in [-0.15, -0.1) is 11.3 Å². The van der Waals surface area contributed by atoms with Crippen LogP contribution < -0.4 is 5.32 Å². The van der Waals surface area contributed by atoms with E-state index in [-0.39, 0.29) is 11.7 Å². The first-order chi connectivity index (χ1) is 10.7. The van der Waals surface area contributed by atoms with E-state index in [1.165, 1.54) is 23.9 Å². The molecule has 1 N–H and O–H groups in total. The van der Waals surface area contributed by atoms with Gasteiger partial charge in [0.05, 0.1) is 26.6 Å². The van der Waals surface area contributed by atoms with E-state index in [1.54, 1.807) is 23.1 Å². The van der Waals surface area contributed by atoms with Gasteiger partial charge in [0.25, 0.3) is 5.91 Å². The Morgan fingerprint density at radius 3 is 2.73 bits per heavy atom. The van der Waals surface area contributed by atoms with Crippen LogP contribution in [0.25, 0.3) is 20.4 Å². The lowest BCUT2D eigenvalue weighted by molar-refractivity contribution is 0.0996. The molecule has 6 nitrogen and oxygen atoms in total. The molecule has 9 heteroatoms. The molecule has 0 aliphatic heterocycles. The van der Waals surface area contributed by atoms with E-state index in [0.717, 1.165) is 24.8 Å². The minimum absolute atomic E-state index is 0.159. The highest BCUT2D eigenvalue weighted by Gasteiger charge is 2.15. The number of benzene rings is 1. The largest absolute Gasteiger partial charge is 0.438 e. The molecule has 0 spiro atoms. The van der Waals surface area contributed by atoms with Gasteiger partial charge in [0.1, 0.15) is 0 Å². The summed E-state index contributed by atoms with van der Waals surface area (Å²) in [5, 5.41) is 3.26. The number of anilines is 1. The number of carbonyl (C=O) groups is 1. The van der Waals surface area contributed by atoms with Crippen LogP contribution in [0.1, 0.15) is 10.6 Å². The Balaban J connectivity index is 1.75. The molecule has 3 aromatic heterocycles. The number of thiazole rings is 2. The fourth-order valence-electron chi connectivity index (χ4n) is 1.98. The molecular weight excluding hydrogens is 340 g/mol. The number of amides is 1. The molecule has 0 aliphatic rings. The highest BCUT2D eigenvalue weighted by molar-refractivity contribution is 8.00. The number of oxazole rings is 1. The highest BCUT2D eigenvalue weighted by atomic mass is 32.2. The predicted molar refractivity (Wildman–Crippen MR) is 89.0 cm³/mol. The Labute approximate surface area is 136 Å². The molecule has 0 unspecified atom stereocenters. The van der Waals surface area contributed by atoms with Crippen molar-refractivity contribution in [1.29, 1.82) is 0 Å². The third-order valence-corrected chi connectivity index (χ3v) is 6.15. The van der Waals surface area contributed by atoms with Gasteiger partial charge in [-0.1, -0.05) is 23.1 Å². The van der Waals surface area contributed by atoms with Crippen molar-refractivity contribution in [3.05, 3.63) is 30.5 Å². The molecule has 0 atom stereocenters. The van der Waals surface area contributed by atoms with E-state index in [9.17, 15) is 4.79 Å². The van der Waals surface area contributed by atoms with Gasteiger partial charge in [0.15, 0.2) is 15.9 Å². The Hall–Kier alpha value is -1.97. The van der Waals surface area contributed by atoms with Crippen LogP contribution >= 0.6 is 34.4 Å². The third-order valence-electron chi connectivity index (χ3n) is 2.94. The van der Waals surface area contributed by atoms with Crippen molar-refractivity contribution in [2.75, 3.05) is 11.6 Å². The van der Waals surface area contributed by atoms with E-state index in [1.807, 2.05) is 18.4 Å². The van der Waals surface area contributed by atoms with Crippen molar-refractivity contribution in [3.8, 4) is 0 Å². The number of hydrogen-bond donors (Lipinski definition) is 1. The Bertz CT molecular complexity index is 974. The molecule has 3 heterocycles. The van der Waals surface area contributed by atoms with E-state index >= 15 is 0 Å². The van der Waals surface area contributed by atoms with Crippen LogP contribution in [0.2, 0.25) is 0 Å². The molecule has 22 heavy (non-hydrogen) atoms. The maximum atomic E-state index is 12.0. The second-order valence-electron chi connectivity index (χ2n) is 4.28. The fourth-order valence-corrected chi connectivity index (χ4v) is 4.63. The van der Waals surface area contributed by atoms with Crippen molar-refractivity contribution in [2.24, 2.45) is 0 Å². The Morgan fingerprint density at radius 2 is 2.00 bits per heavy atom. The summed E-state index contributed by atoms with van der Waals surface area (Å²) in [6, 6.07) is 3.87. The monoisotopic (exact) mass is 348 g/mol. The number of thioether (sulfide) groups is 1. The van der Waals surface area contributed by atoms with E-state index in [2.05, 4.69) is 20.3 Å². The Morgan fingerprint density at radius 1 is 1.23 bits per heavy atom. The molecule has 0 fully saturated rings. The second-order valence-corrected chi connectivity index (χ2v) is 7.34. The van der Waals surface area contributed by atoms with Crippen LogP contribution in [0.5, 0.6) is 0 Å². The SMILES string of the molecule is CSc1nc2ccc3nc(NC(=O)c4cnco4)sc3c2s1. The van der Waals surface area contributed by atoms with Crippen molar-refractivity contribution >= 4 is 65.9 Å². The maximum absolute atomic E-state index is 12.0. The van der Waals surface area contributed by atoms with Gasteiger partial charge < -0.3 is 4.42 Å². The number of rotatable bonds is 3. The molecule has 0 bridgehead atoms. The van der Waals surface area contributed by atoms with Crippen LogP contribution in [0.3, 0.4) is 0 Å². The summed E-state index contributed by atoms with van der Waals surface area (Å²) in [5.74, 6) is -0.200. The minimum atomic E-state index is -0.359. The number of nitrogens with zero attached hydrogens (tertiary/aromatic N) is 3. The van der Waals surface area contributed by atoms with Gasteiger partial charge in [0.2, 0.25) is 5.76 Å². The molecule has 0 saturated carbocycles. The van der Waals surface area contributed by atoms with Crippen molar-refractivity contribution in [3.63, 3.8) is 0 Å². The fraction of sp³-hybridized carbons (Fsp3) is 0.0769. The summed E-state index contributed by atoms with van der Waals surface area (Å²) < 4.78 is 8.12. The van der Waals surface area contributed by atoms with Gasteiger partial charge >= 0.3 is 0 Å². The van der Waals surface area contributed by atoms with Gasteiger partial charge in [-0.2, -0.15) is 0 Å². The standard InChI is InChI=1S/C13H8N4O2S3/c1-20-13-16-7-3-2-6-9(10(7)22-13)21-12(15-6)17-11(18)8-4-14-5-19-8/h2-5H,1H3,(H,15,17,18). The lowest BCUT2D eigenvalue weighted by atomic mass is 10.3. The van der Waals surface area contributed by atoms with E-state index < -0.39 is 0 Å². The average Bonchev–Trinajstić information content (AvgIpc) is 3.24. The third kappa shape index (κ3) is 2.27. The molecule has 0 saturated heterocycles. The first-order valence-electron chi connectivity index (χ1n) is 6.18. The summed E-state index contributed by atoms with van der Waals surface area (Å²) in [6.45, 7) is 0. The summed E-state index contributed by atoms with van der Waals surface area (Å²) in [4.78, 5) is 24.7. The Kier molecular flexibility index (Phi) is 3.32. The first-order valence-corrected chi connectivity index (χ1v) is 9.04. The number of carbonyl (C=O) groups excluding carboxylic acids is 1. The van der Waals surface area contributed by atoms with Gasteiger partial charge in [-0.05, 0) is 18.4 Å². The highest BCUT2D eigenvalue weighted by Crippen LogP contribution is 2.38. The quantitative estimate of drug-likeness (QED) is 0.566. The van der Waals surface area contributed by atoms with Crippen LogP contribution in [0.4, 0.5) is 5.13 Å². The first kappa shape index (κ1) is 13.7. The zero-order valence-electron chi connectivity index (χ0n) is 11.2. The van der Waals surface area contributed by atoms with E-state index in [4.69, 9.17) is 4.42 Å². The van der Waals surface area contributed by atoms with Crippen LogP contribution in [-0.4, -0.2) is 27.1 Å². The zero-order chi connectivity index (χ0) is 15.1. The summed E-state index contributed by atoms with van der Waals surface area (Å²) >= 11 is 4.69. The molecule has 4 rings (SSSR count). The van der Waals surface area contributed by atoms with Crippen molar-refractivity contribution < 1.29 is 9.21 Å². The molecular formula is C13H8N4O2S3. The van der Waals surface area contributed by atoms with Gasteiger partial charge in [-0.3, -0.25) is 10.1 Å². The number of nitrogens with one attached hydrogen (secondary N) is 1. The van der Waals surface area contributed by atoms with Crippen LogP contribution in [0.15, 0.2) is 33.5 Å². The summed E-state index contributed by atoms with van der Waals surface area (Å²) in [5.41, 5.74) is 1.81. The van der Waals surface area contributed by atoms with Gasteiger partial charge in [0, 0.05) is 0 Å². The van der Waals surface area contributed by atoms with Crippen molar-refractivity contribution in [2.45, 2.75) is 4.34 Å². The minimum Gasteiger partial charge on any atom is -0.438 e. The lowest BCUT2D eigenvalue weighted by Gasteiger charge is -1.95. The zero-order valence-corrected chi connectivity index (χ0v) is 13.6. The lowest BCUT2D eigenvalue weighted by Crippen LogP contribution is -2.10. The molecule has 0 aliphatic carbocycles. The molecule has 110 valence electrons. The predicted octanol–water partition coefficient (Wildman–Crippen LogP) is 3.87. The summed E-state index contributed by atoms with van der Waals surface area (Å²) in [7, 11) is 0. The normalized spacial score (nSPS) is 11.3. The smallest absolute Gasteiger partial charge is 0.294 e. The molecule has 4 aromatic rings. The topological polar surface area (TPSA) is 80.9 Å². The average molecular weight is 348 g/mol. The number of aromatic nitrogens is 3. The van der Waals surface area contributed by atoms with Crippen LogP contribution in [0, 0.1) is 0 Å². The van der Waals surface area contributed by atoms with Crippen LogP contribution in [-0.2, 0) is 0 Å². The van der Waals surface area contributed by atoms with Gasteiger partial charge in [-0.25, -0.2) is 15.0 Å².